The molecule has 0 aliphatic rings. The molecule has 0 aromatic carbocycles. The van der Waals surface area contributed by atoms with Crippen LogP contribution in [-0.2, 0) is 0 Å². The minimum Gasteiger partial charge on any atom is -0.317 e. The second-order valence-electron chi connectivity index (χ2n) is 2.74. The smallest absolute Gasteiger partial charge is 0.183 e. The van der Waals surface area contributed by atoms with Gasteiger partial charge in [0.1, 0.15) is 6.33 Å². The van der Waals surface area contributed by atoms with Crippen molar-refractivity contribution in [1.29, 1.82) is 0 Å². The molecule has 5 heteroatoms. The zero-order valence-electron chi connectivity index (χ0n) is 7.92. The second-order valence-corrected chi connectivity index (χ2v) is 3.83. The molecule has 0 bridgehead atoms. The van der Waals surface area contributed by atoms with Crippen LogP contribution in [0.1, 0.15) is 19.8 Å². The summed E-state index contributed by atoms with van der Waals surface area (Å²) in [5, 5.41) is 10.9. The van der Waals surface area contributed by atoms with Crippen LogP contribution in [0.3, 0.4) is 0 Å². The van der Waals surface area contributed by atoms with Gasteiger partial charge in [0.25, 0.3) is 0 Å². The van der Waals surface area contributed by atoms with Gasteiger partial charge in [-0.3, -0.25) is 5.10 Å². The molecule has 0 radical (unpaired) electrons. The highest BCUT2D eigenvalue weighted by Crippen LogP contribution is 2.10. The van der Waals surface area contributed by atoms with Crippen molar-refractivity contribution in [2.24, 2.45) is 0 Å². The van der Waals surface area contributed by atoms with E-state index in [9.17, 15) is 0 Å². The van der Waals surface area contributed by atoms with Crippen LogP contribution in [0.5, 0.6) is 0 Å². The Labute approximate surface area is 82.9 Å². The fraction of sp³-hybridized carbons (Fsp3) is 0.750. The summed E-state index contributed by atoms with van der Waals surface area (Å²) < 4.78 is 0. The lowest BCUT2D eigenvalue weighted by Gasteiger charge is -2.00. The number of rotatable bonds is 7. The van der Waals surface area contributed by atoms with Crippen molar-refractivity contribution in [1.82, 2.24) is 20.5 Å². The molecule has 1 heterocycles. The van der Waals surface area contributed by atoms with E-state index in [0.29, 0.717) is 0 Å². The van der Waals surface area contributed by atoms with Gasteiger partial charge in [0.15, 0.2) is 5.16 Å². The Morgan fingerprint density at radius 2 is 2.46 bits per heavy atom. The first kappa shape index (κ1) is 10.5. The van der Waals surface area contributed by atoms with E-state index in [1.165, 1.54) is 19.2 Å². The van der Waals surface area contributed by atoms with Gasteiger partial charge in [0.2, 0.25) is 0 Å². The maximum absolute atomic E-state index is 4.03. The van der Waals surface area contributed by atoms with E-state index in [1.807, 2.05) is 0 Å². The SMILES string of the molecule is CCCNCCCSc1ncn[nH]1. The molecule has 0 aliphatic carbocycles. The van der Waals surface area contributed by atoms with Crippen LogP contribution in [-0.4, -0.2) is 34.0 Å². The average Bonchev–Trinajstić information content (AvgIpc) is 2.63. The summed E-state index contributed by atoms with van der Waals surface area (Å²) in [5.41, 5.74) is 0. The molecule has 1 aromatic rings. The van der Waals surface area contributed by atoms with Crippen LogP contribution in [0, 0.1) is 0 Å². The number of aromatic amines is 1. The quantitative estimate of drug-likeness (QED) is 0.514. The molecule has 0 spiro atoms. The summed E-state index contributed by atoms with van der Waals surface area (Å²) in [6.07, 6.45) is 3.91. The van der Waals surface area contributed by atoms with Crippen molar-refractivity contribution >= 4 is 11.8 Å². The molecular formula is C8H16N4S. The van der Waals surface area contributed by atoms with E-state index < -0.39 is 0 Å². The maximum atomic E-state index is 4.03. The van der Waals surface area contributed by atoms with Crippen molar-refractivity contribution < 1.29 is 0 Å². The Morgan fingerprint density at radius 1 is 1.54 bits per heavy atom. The third-order valence-electron chi connectivity index (χ3n) is 1.56. The number of thioether (sulfide) groups is 1. The van der Waals surface area contributed by atoms with Crippen LogP contribution in [0.2, 0.25) is 0 Å². The summed E-state index contributed by atoms with van der Waals surface area (Å²) in [4.78, 5) is 4.03. The fourth-order valence-corrected chi connectivity index (χ4v) is 1.65. The third kappa shape index (κ3) is 4.90. The van der Waals surface area contributed by atoms with Crippen molar-refractivity contribution in [3.8, 4) is 0 Å². The van der Waals surface area contributed by atoms with Crippen LogP contribution < -0.4 is 5.32 Å². The standard InChI is InChI=1S/C8H16N4S/c1-2-4-9-5-3-6-13-8-10-7-11-12-8/h7,9H,2-6H2,1H3,(H,10,11,12). The minimum atomic E-state index is 0.912. The summed E-state index contributed by atoms with van der Waals surface area (Å²) in [6.45, 7) is 4.39. The molecule has 0 amide bonds. The highest BCUT2D eigenvalue weighted by molar-refractivity contribution is 7.99. The number of H-pyrrole nitrogens is 1. The van der Waals surface area contributed by atoms with Gasteiger partial charge >= 0.3 is 0 Å². The Morgan fingerprint density at radius 3 is 3.15 bits per heavy atom. The van der Waals surface area contributed by atoms with Crippen LogP contribution in [0.15, 0.2) is 11.5 Å². The lowest BCUT2D eigenvalue weighted by molar-refractivity contribution is 0.664. The van der Waals surface area contributed by atoms with Gasteiger partial charge in [-0.05, 0) is 25.9 Å². The van der Waals surface area contributed by atoms with E-state index in [-0.39, 0.29) is 0 Å². The number of hydrogen-bond donors (Lipinski definition) is 2. The maximum Gasteiger partial charge on any atom is 0.183 e. The topological polar surface area (TPSA) is 53.6 Å². The Balaban J connectivity index is 1.90. The minimum absolute atomic E-state index is 0.912. The van der Waals surface area contributed by atoms with E-state index in [4.69, 9.17) is 0 Å². The van der Waals surface area contributed by atoms with Gasteiger partial charge in [0, 0.05) is 5.75 Å². The van der Waals surface area contributed by atoms with Gasteiger partial charge in [0.05, 0.1) is 0 Å². The van der Waals surface area contributed by atoms with Gasteiger partial charge < -0.3 is 5.32 Å². The lowest BCUT2D eigenvalue weighted by Crippen LogP contribution is -2.16. The second kappa shape index (κ2) is 6.91. The van der Waals surface area contributed by atoms with E-state index >= 15 is 0 Å². The van der Waals surface area contributed by atoms with Gasteiger partial charge in [-0.25, -0.2) is 4.98 Å². The highest BCUT2D eigenvalue weighted by atomic mass is 32.2. The molecule has 0 unspecified atom stereocenters. The summed E-state index contributed by atoms with van der Waals surface area (Å²) in [6, 6.07) is 0. The zero-order valence-corrected chi connectivity index (χ0v) is 8.73. The average molecular weight is 200 g/mol. The number of nitrogens with zero attached hydrogens (tertiary/aromatic N) is 2. The third-order valence-corrected chi connectivity index (χ3v) is 2.52. The fourth-order valence-electron chi connectivity index (χ4n) is 0.932. The van der Waals surface area contributed by atoms with Crippen molar-refractivity contribution in [3.63, 3.8) is 0 Å². The molecule has 0 saturated carbocycles. The van der Waals surface area contributed by atoms with Crippen molar-refractivity contribution in [2.45, 2.75) is 24.9 Å². The molecule has 0 fully saturated rings. The Kier molecular flexibility index (Phi) is 5.60. The normalized spacial score (nSPS) is 10.5. The first-order valence-electron chi connectivity index (χ1n) is 4.62. The highest BCUT2D eigenvalue weighted by Gasteiger charge is 1.94. The molecule has 1 rings (SSSR count). The van der Waals surface area contributed by atoms with Gasteiger partial charge in [-0.2, -0.15) is 5.10 Å². The summed E-state index contributed by atoms with van der Waals surface area (Å²) >= 11 is 1.72. The molecule has 4 nitrogen and oxygen atoms in total. The first-order valence-corrected chi connectivity index (χ1v) is 5.61. The molecular weight excluding hydrogens is 184 g/mol. The van der Waals surface area contributed by atoms with Gasteiger partial charge in [-0.1, -0.05) is 18.7 Å². The van der Waals surface area contributed by atoms with E-state index in [0.717, 1.165) is 24.0 Å². The lowest BCUT2D eigenvalue weighted by atomic mass is 10.4. The van der Waals surface area contributed by atoms with Crippen LogP contribution >= 0.6 is 11.8 Å². The van der Waals surface area contributed by atoms with Crippen LogP contribution in [0.4, 0.5) is 0 Å². The predicted molar refractivity (Wildman–Crippen MR) is 54.9 cm³/mol. The number of aromatic nitrogens is 3. The predicted octanol–water partition coefficient (Wildman–Crippen LogP) is 1.29. The Bertz CT molecular complexity index is 200. The van der Waals surface area contributed by atoms with Crippen LogP contribution in [0.25, 0.3) is 0 Å². The van der Waals surface area contributed by atoms with Crippen molar-refractivity contribution in [3.05, 3.63) is 6.33 Å². The van der Waals surface area contributed by atoms with E-state index in [2.05, 4.69) is 27.4 Å². The summed E-state index contributed by atoms with van der Waals surface area (Å²) in [5.74, 6) is 1.09. The van der Waals surface area contributed by atoms with E-state index in [1.54, 1.807) is 11.8 Å². The molecule has 2 N–H and O–H groups in total. The molecule has 1 aromatic heterocycles. The number of hydrogen-bond acceptors (Lipinski definition) is 4. The molecule has 0 atom stereocenters. The molecule has 0 saturated heterocycles. The molecule has 0 aliphatic heterocycles. The van der Waals surface area contributed by atoms with Crippen molar-refractivity contribution in [2.75, 3.05) is 18.8 Å². The van der Waals surface area contributed by atoms with Gasteiger partial charge in [-0.15, -0.1) is 0 Å². The molecule has 13 heavy (non-hydrogen) atoms. The monoisotopic (exact) mass is 200 g/mol. The number of nitrogens with one attached hydrogen (secondary N) is 2. The Hall–Kier alpha value is -0.550. The zero-order chi connectivity index (χ0) is 9.36. The molecule has 74 valence electrons. The first-order chi connectivity index (χ1) is 6.43. The largest absolute Gasteiger partial charge is 0.317 e. The summed E-state index contributed by atoms with van der Waals surface area (Å²) in [7, 11) is 0.